The molecule has 1 aromatic heterocycles. The molecule has 2 unspecified atom stereocenters. The third-order valence-corrected chi connectivity index (χ3v) is 10.5. The van der Waals surface area contributed by atoms with Crippen molar-refractivity contribution in [3.8, 4) is 10.4 Å². The van der Waals surface area contributed by atoms with Gasteiger partial charge in [-0.15, -0.1) is 11.3 Å². The minimum atomic E-state index is -4.30. The summed E-state index contributed by atoms with van der Waals surface area (Å²) in [6.07, 6.45) is 0.0889. The Morgan fingerprint density at radius 3 is 2.38 bits per heavy atom. The van der Waals surface area contributed by atoms with Crippen molar-refractivity contribution < 1.29 is 23.1 Å². The third kappa shape index (κ3) is 3.30. The monoisotopic (exact) mass is 516 g/mol. The van der Waals surface area contributed by atoms with E-state index in [1.165, 1.54) is 11.0 Å². The highest BCUT2D eigenvalue weighted by Gasteiger charge is 2.79. The molecule has 34 heavy (non-hydrogen) atoms. The molecule has 1 aliphatic heterocycles. The van der Waals surface area contributed by atoms with Crippen LogP contribution >= 0.6 is 22.9 Å². The molecule has 2 atom stereocenters. The number of halogens is 1. The molecule has 176 valence electrons. The van der Waals surface area contributed by atoms with Crippen LogP contribution in [0.2, 0.25) is 5.02 Å². The van der Waals surface area contributed by atoms with E-state index in [2.05, 4.69) is 0 Å². The van der Waals surface area contributed by atoms with Gasteiger partial charge in [0.15, 0.2) is 0 Å². The number of carboxylic acid groups (broad SMARTS) is 1. The Bertz CT molecular complexity index is 1390. The minimum absolute atomic E-state index is 0.00992. The Morgan fingerprint density at radius 2 is 1.74 bits per heavy atom. The van der Waals surface area contributed by atoms with E-state index in [1.54, 1.807) is 61.6 Å². The smallest absolute Gasteiger partial charge is 0.326 e. The number of nitrogens with zero attached hydrogens (tertiary/aromatic N) is 2. The lowest BCUT2D eigenvalue weighted by Crippen LogP contribution is -2.52. The van der Waals surface area contributed by atoms with E-state index >= 15 is 0 Å². The van der Waals surface area contributed by atoms with Gasteiger partial charge in [-0.25, -0.2) is 8.42 Å². The molecule has 10 heteroatoms. The summed E-state index contributed by atoms with van der Waals surface area (Å²) in [5, 5.41) is 11.0. The van der Waals surface area contributed by atoms with E-state index in [0.717, 1.165) is 21.2 Å². The summed E-state index contributed by atoms with van der Waals surface area (Å²) in [5.74, 6) is -1.70. The van der Waals surface area contributed by atoms with Crippen molar-refractivity contribution in [1.29, 1.82) is 0 Å². The molecule has 0 spiro atoms. The van der Waals surface area contributed by atoms with E-state index in [9.17, 15) is 23.1 Å². The van der Waals surface area contributed by atoms with Crippen molar-refractivity contribution in [2.75, 3.05) is 20.1 Å². The summed E-state index contributed by atoms with van der Waals surface area (Å²) in [5.41, 5.74) is -1.30. The second kappa shape index (κ2) is 7.91. The van der Waals surface area contributed by atoms with Gasteiger partial charge in [0.2, 0.25) is 5.91 Å². The number of rotatable bonds is 5. The number of benzene rings is 2. The molecule has 1 N–H and O–H groups in total. The number of carbonyl (C=O) groups excluding carboxylic acids is 1. The number of thiophene rings is 1. The zero-order chi connectivity index (χ0) is 24.3. The Hall–Kier alpha value is -2.72. The van der Waals surface area contributed by atoms with Gasteiger partial charge in [0.05, 0.1) is 6.54 Å². The van der Waals surface area contributed by atoms with Crippen LogP contribution in [0.3, 0.4) is 0 Å². The van der Waals surface area contributed by atoms with Gasteiger partial charge in [0.25, 0.3) is 10.0 Å². The van der Waals surface area contributed by atoms with Crippen molar-refractivity contribution in [1.82, 2.24) is 9.21 Å². The molecular weight excluding hydrogens is 496 g/mol. The van der Waals surface area contributed by atoms with Crippen LogP contribution in [-0.2, 0) is 25.0 Å². The molecule has 0 bridgehead atoms. The van der Waals surface area contributed by atoms with Crippen LogP contribution in [-0.4, -0.2) is 60.3 Å². The largest absolute Gasteiger partial charge is 0.480 e. The average Bonchev–Trinajstić information content (AvgIpc) is 3.24. The molecule has 2 fully saturated rings. The van der Waals surface area contributed by atoms with E-state index in [4.69, 9.17) is 11.6 Å². The van der Waals surface area contributed by atoms with E-state index in [0.29, 0.717) is 15.5 Å². The number of hydrogen-bond donors (Lipinski definition) is 1. The van der Waals surface area contributed by atoms with Gasteiger partial charge in [0, 0.05) is 28.9 Å². The van der Waals surface area contributed by atoms with Crippen molar-refractivity contribution >= 4 is 44.8 Å². The number of fused-ring (bicyclic) bond motifs is 1. The number of hydrogen-bond acceptors (Lipinski definition) is 5. The Kier molecular flexibility index (Phi) is 5.36. The average molecular weight is 517 g/mol. The van der Waals surface area contributed by atoms with Crippen LogP contribution in [0.1, 0.15) is 12.0 Å². The quantitative estimate of drug-likeness (QED) is 0.558. The SMILES string of the molecule is CN1CC2(c3ccccc3)CC2(C(=O)O)N(S(=O)(=O)c2ccc(-c3ccc(Cl)cc3)s2)CC1=O. The van der Waals surface area contributed by atoms with Crippen molar-refractivity contribution in [2.45, 2.75) is 21.6 Å². The number of amides is 1. The second-order valence-corrected chi connectivity index (χ2v) is 12.3. The van der Waals surface area contributed by atoms with Gasteiger partial charge in [-0.3, -0.25) is 9.59 Å². The second-order valence-electron chi connectivity index (χ2n) is 8.68. The van der Waals surface area contributed by atoms with Crippen molar-refractivity contribution in [2.24, 2.45) is 0 Å². The molecule has 2 heterocycles. The predicted octanol–water partition coefficient (Wildman–Crippen LogP) is 3.70. The Balaban J connectivity index is 1.62. The lowest BCUT2D eigenvalue weighted by atomic mass is 9.90. The van der Waals surface area contributed by atoms with Crippen LogP contribution in [0.5, 0.6) is 0 Å². The first-order valence-corrected chi connectivity index (χ1v) is 13.2. The zero-order valence-electron chi connectivity index (χ0n) is 18.1. The molecule has 2 aromatic carbocycles. The molecule has 1 saturated heterocycles. The summed E-state index contributed by atoms with van der Waals surface area (Å²) < 4.78 is 28.7. The van der Waals surface area contributed by atoms with Crippen molar-refractivity contribution in [3.05, 3.63) is 77.3 Å². The molecule has 1 amide bonds. The highest BCUT2D eigenvalue weighted by Crippen LogP contribution is 2.63. The number of likely N-dealkylation sites (N-methyl/N-ethyl adjacent to an activating group) is 1. The van der Waals surface area contributed by atoms with Crippen LogP contribution in [0.25, 0.3) is 10.4 Å². The fraction of sp³-hybridized carbons (Fsp3) is 0.250. The molecule has 5 rings (SSSR count). The highest BCUT2D eigenvalue weighted by atomic mass is 35.5. The van der Waals surface area contributed by atoms with Gasteiger partial charge in [-0.2, -0.15) is 4.31 Å². The van der Waals surface area contributed by atoms with E-state index < -0.39 is 39.4 Å². The minimum Gasteiger partial charge on any atom is -0.480 e. The molecular formula is C24H21ClN2O5S2. The lowest BCUT2D eigenvalue weighted by Gasteiger charge is -2.29. The Morgan fingerprint density at radius 1 is 1.06 bits per heavy atom. The van der Waals surface area contributed by atoms with Crippen LogP contribution < -0.4 is 0 Å². The molecule has 2 aliphatic rings. The topological polar surface area (TPSA) is 95.0 Å². The summed E-state index contributed by atoms with van der Waals surface area (Å²) in [6.45, 7) is -0.414. The van der Waals surface area contributed by atoms with Crippen molar-refractivity contribution in [3.63, 3.8) is 0 Å². The fourth-order valence-electron chi connectivity index (χ4n) is 4.98. The summed E-state index contributed by atoms with van der Waals surface area (Å²) in [6, 6.07) is 19.1. The molecule has 1 aliphatic carbocycles. The molecule has 1 saturated carbocycles. The lowest BCUT2D eigenvalue weighted by molar-refractivity contribution is -0.143. The summed E-state index contributed by atoms with van der Waals surface area (Å²) >= 11 is 6.99. The predicted molar refractivity (Wildman–Crippen MR) is 129 cm³/mol. The standard InChI is InChI=1S/C24H21ClN2O5S2/c1-26-15-23(17-5-3-2-4-6-17)14-24(23,22(29)30)27(13-20(26)28)34(31,32)21-12-11-19(33-21)16-7-9-18(25)10-8-16/h2-12H,13-15H2,1H3,(H,29,30). The van der Waals surface area contributed by atoms with Crippen LogP contribution in [0.15, 0.2) is 70.9 Å². The zero-order valence-corrected chi connectivity index (χ0v) is 20.5. The fourth-order valence-corrected chi connectivity index (χ4v) is 8.28. The molecule has 0 radical (unpaired) electrons. The first-order valence-electron chi connectivity index (χ1n) is 10.5. The normalized spacial score (nSPS) is 25.0. The number of aliphatic carboxylic acids is 1. The summed E-state index contributed by atoms with van der Waals surface area (Å²) in [7, 11) is -2.72. The Labute approximate surface area is 206 Å². The maximum absolute atomic E-state index is 13.9. The first kappa shape index (κ1) is 23.0. The van der Waals surface area contributed by atoms with Gasteiger partial charge in [-0.05, 0) is 41.8 Å². The maximum Gasteiger partial charge on any atom is 0.326 e. The van der Waals surface area contributed by atoms with Gasteiger partial charge in [0.1, 0.15) is 9.75 Å². The summed E-state index contributed by atoms with van der Waals surface area (Å²) in [4.78, 5) is 27.8. The molecule has 7 nitrogen and oxygen atoms in total. The number of carbonyl (C=O) groups is 2. The van der Waals surface area contributed by atoms with Gasteiger partial charge < -0.3 is 10.0 Å². The first-order chi connectivity index (χ1) is 16.1. The number of carboxylic acids is 1. The molecule has 3 aromatic rings. The number of sulfonamides is 1. The van der Waals surface area contributed by atoms with Crippen LogP contribution in [0, 0.1) is 0 Å². The van der Waals surface area contributed by atoms with Gasteiger partial charge >= 0.3 is 5.97 Å². The maximum atomic E-state index is 13.9. The van der Waals surface area contributed by atoms with E-state index in [-0.39, 0.29) is 17.2 Å². The van der Waals surface area contributed by atoms with Crippen LogP contribution in [0.4, 0.5) is 0 Å². The van der Waals surface area contributed by atoms with Gasteiger partial charge in [-0.1, -0.05) is 54.1 Å². The highest BCUT2D eigenvalue weighted by molar-refractivity contribution is 7.91. The van der Waals surface area contributed by atoms with E-state index in [1.807, 2.05) is 6.07 Å². The third-order valence-electron chi connectivity index (χ3n) is 6.80.